The maximum atomic E-state index is 12.7. The van der Waals surface area contributed by atoms with Crippen molar-refractivity contribution < 1.29 is 24.2 Å². The third-order valence-corrected chi connectivity index (χ3v) is 5.79. The van der Waals surface area contributed by atoms with E-state index in [1.165, 1.54) is 13.8 Å². The molecule has 1 aliphatic carbocycles. The number of benzene rings is 2. The van der Waals surface area contributed by atoms with Crippen molar-refractivity contribution in [3.63, 3.8) is 0 Å². The Kier molecular flexibility index (Phi) is 7.38. The second kappa shape index (κ2) is 10.0. The van der Waals surface area contributed by atoms with E-state index in [1.54, 1.807) is 0 Å². The number of aliphatic carboxylic acids is 1. The van der Waals surface area contributed by atoms with Gasteiger partial charge in [0.1, 0.15) is 18.2 Å². The normalized spacial score (nSPS) is 13.7. The van der Waals surface area contributed by atoms with E-state index in [1.807, 2.05) is 55.4 Å². The minimum Gasteiger partial charge on any atom is -0.480 e. The molecular weight excluding hydrogens is 422 g/mol. The van der Waals surface area contributed by atoms with E-state index in [-0.39, 0.29) is 18.9 Å². The van der Waals surface area contributed by atoms with Crippen LogP contribution in [0, 0.1) is 0 Å². The largest absolute Gasteiger partial charge is 0.480 e. The topological polar surface area (TPSA) is 108 Å². The Hall–Kier alpha value is -3.39. The molecule has 3 rings (SSSR count). The standard InChI is InChI=1S/C25H31N3O5/c1-25(2,23(31)26-21(22(29)30)13-14-28(3)4)27-24(32)33-15-20-18-11-7-5-9-16(18)17-10-6-8-12-19(17)20/h5-12,20-21H,13-15H2,1-4H3,(H,26,31)(H,27,32)(H,29,30). The van der Waals surface area contributed by atoms with Gasteiger partial charge >= 0.3 is 12.1 Å². The van der Waals surface area contributed by atoms with Crippen LogP contribution in [0.1, 0.15) is 37.3 Å². The first-order chi connectivity index (χ1) is 15.6. The summed E-state index contributed by atoms with van der Waals surface area (Å²) in [6, 6.07) is 15.0. The minimum atomic E-state index is -1.35. The van der Waals surface area contributed by atoms with Gasteiger partial charge in [0, 0.05) is 12.5 Å². The maximum absolute atomic E-state index is 12.7. The van der Waals surface area contributed by atoms with Crippen molar-refractivity contribution in [1.29, 1.82) is 0 Å². The first-order valence-electron chi connectivity index (χ1n) is 10.9. The summed E-state index contributed by atoms with van der Waals surface area (Å²) in [5.74, 6) is -1.81. The summed E-state index contributed by atoms with van der Waals surface area (Å²) in [4.78, 5) is 38.6. The van der Waals surface area contributed by atoms with Gasteiger partial charge in [-0.1, -0.05) is 48.5 Å². The quantitative estimate of drug-likeness (QED) is 0.539. The van der Waals surface area contributed by atoms with Crippen LogP contribution in [0.5, 0.6) is 0 Å². The molecule has 0 saturated carbocycles. The van der Waals surface area contributed by atoms with Crippen molar-refractivity contribution >= 4 is 18.0 Å². The Morgan fingerprint density at radius 1 is 1.03 bits per heavy atom. The maximum Gasteiger partial charge on any atom is 0.408 e. The minimum absolute atomic E-state index is 0.0949. The highest BCUT2D eigenvalue weighted by Crippen LogP contribution is 2.44. The van der Waals surface area contributed by atoms with Gasteiger partial charge in [-0.15, -0.1) is 0 Å². The Labute approximate surface area is 193 Å². The number of carboxylic acids is 1. The smallest absolute Gasteiger partial charge is 0.408 e. The molecule has 0 aliphatic heterocycles. The van der Waals surface area contributed by atoms with Crippen molar-refractivity contribution in [3.8, 4) is 11.1 Å². The van der Waals surface area contributed by atoms with Gasteiger partial charge < -0.3 is 25.4 Å². The van der Waals surface area contributed by atoms with Crippen LogP contribution >= 0.6 is 0 Å². The molecule has 1 unspecified atom stereocenters. The fourth-order valence-corrected chi connectivity index (χ4v) is 3.93. The van der Waals surface area contributed by atoms with E-state index in [0.717, 1.165) is 22.3 Å². The van der Waals surface area contributed by atoms with Gasteiger partial charge in [-0.25, -0.2) is 9.59 Å². The predicted molar refractivity (Wildman–Crippen MR) is 125 cm³/mol. The Bertz CT molecular complexity index is 989. The summed E-state index contributed by atoms with van der Waals surface area (Å²) in [6.45, 7) is 3.64. The fourth-order valence-electron chi connectivity index (χ4n) is 3.93. The molecule has 1 aliphatic rings. The third kappa shape index (κ3) is 5.70. The lowest BCUT2D eigenvalue weighted by Gasteiger charge is -2.27. The van der Waals surface area contributed by atoms with Crippen LogP contribution in [-0.2, 0) is 14.3 Å². The van der Waals surface area contributed by atoms with Crippen molar-refractivity contribution in [2.45, 2.75) is 37.8 Å². The highest BCUT2D eigenvalue weighted by atomic mass is 16.5. The zero-order valence-electron chi connectivity index (χ0n) is 19.4. The molecule has 0 bridgehead atoms. The Morgan fingerprint density at radius 2 is 1.58 bits per heavy atom. The van der Waals surface area contributed by atoms with Gasteiger partial charge in [0.25, 0.3) is 0 Å². The number of ether oxygens (including phenoxy) is 1. The van der Waals surface area contributed by atoms with E-state index in [0.29, 0.717) is 6.54 Å². The number of fused-ring (bicyclic) bond motifs is 3. The molecule has 0 radical (unpaired) electrons. The molecule has 0 saturated heterocycles. The van der Waals surface area contributed by atoms with Gasteiger partial charge in [0.2, 0.25) is 5.91 Å². The van der Waals surface area contributed by atoms with Gasteiger partial charge in [-0.05, 0) is 56.6 Å². The number of carboxylic acid groups (broad SMARTS) is 1. The van der Waals surface area contributed by atoms with E-state index >= 15 is 0 Å². The van der Waals surface area contributed by atoms with Crippen molar-refractivity contribution in [2.24, 2.45) is 0 Å². The number of alkyl carbamates (subject to hydrolysis) is 1. The van der Waals surface area contributed by atoms with Crippen LogP contribution < -0.4 is 10.6 Å². The van der Waals surface area contributed by atoms with E-state index in [4.69, 9.17) is 4.74 Å². The summed E-state index contributed by atoms with van der Waals surface area (Å²) in [6.07, 6.45) is -0.494. The molecule has 0 heterocycles. The van der Waals surface area contributed by atoms with Crippen molar-refractivity contribution in [3.05, 3.63) is 59.7 Å². The molecule has 3 N–H and O–H groups in total. The van der Waals surface area contributed by atoms with Gasteiger partial charge in [0.05, 0.1) is 0 Å². The second-order valence-corrected chi connectivity index (χ2v) is 9.03. The van der Waals surface area contributed by atoms with Crippen LogP contribution in [0.25, 0.3) is 11.1 Å². The molecule has 2 aromatic rings. The molecule has 0 spiro atoms. The number of hydrogen-bond donors (Lipinski definition) is 3. The number of hydrogen-bond acceptors (Lipinski definition) is 5. The molecular formula is C25H31N3O5. The average Bonchev–Trinajstić information content (AvgIpc) is 3.08. The van der Waals surface area contributed by atoms with Gasteiger partial charge in [0.15, 0.2) is 0 Å². The highest BCUT2D eigenvalue weighted by molar-refractivity contribution is 5.92. The number of rotatable bonds is 9. The lowest BCUT2D eigenvalue weighted by atomic mass is 9.98. The molecule has 176 valence electrons. The summed E-state index contributed by atoms with van der Waals surface area (Å²) in [7, 11) is 3.65. The molecule has 0 aromatic heterocycles. The summed E-state index contributed by atoms with van der Waals surface area (Å²) >= 11 is 0. The first kappa shape index (κ1) is 24.3. The number of nitrogens with one attached hydrogen (secondary N) is 2. The second-order valence-electron chi connectivity index (χ2n) is 9.03. The fraction of sp³-hybridized carbons (Fsp3) is 0.400. The zero-order chi connectivity index (χ0) is 24.2. The highest BCUT2D eigenvalue weighted by Gasteiger charge is 2.34. The number of carbonyl (C=O) groups is 3. The molecule has 2 amide bonds. The summed E-state index contributed by atoms with van der Waals surface area (Å²) < 4.78 is 5.50. The lowest BCUT2D eigenvalue weighted by molar-refractivity contribution is -0.143. The predicted octanol–water partition coefficient (Wildman–Crippen LogP) is 2.82. The zero-order valence-corrected chi connectivity index (χ0v) is 19.4. The molecule has 33 heavy (non-hydrogen) atoms. The Morgan fingerprint density at radius 3 is 2.09 bits per heavy atom. The molecule has 2 aromatic carbocycles. The van der Waals surface area contributed by atoms with E-state index in [9.17, 15) is 19.5 Å². The van der Waals surface area contributed by atoms with Gasteiger partial charge in [-0.3, -0.25) is 4.79 Å². The summed E-state index contributed by atoms with van der Waals surface area (Å²) in [5.41, 5.74) is 3.08. The van der Waals surface area contributed by atoms with E-state index < -0.39 is 29.6 Å². The van der Waals surface area contributed by atoms with Crippen LogP contribution in [-0.4, -0.2) is 66.8 Å². The lowest BCUT2D eigenvalue weighted by Crippen LogP contribution is -2.58. The SMILES string of the molecule is CN(C)CCC(NC(=O)C(C)(C)NC(=O)OCC1c2ccccc2-c2ccccc21)C(=O)O. The third-order valence-electron chi connectivity index (χ3n) is 5.79. The molecule has 1 atom stereocenters. The van der Waals surface area contributed by atoms with Crippen LogP contribution in [0.2, 0.25) is 0 Å². The van der Waals surface area contributed by atoms with Crippen LogP contribution in [0.15, 0.2) is 48.5 Å². The van der Waals surface area contributed by atoms with Crippen LogP contribution in [0.4, 0.5) is 4.79 Å². The van der Waals surface area contributed by atoms with Crippen LogP contribution in [0.3, 0.4) is 0 Å². The van der Waals surface area contributed by atoms with Crippen molar-refractivity contribution in [2.75, 3.05) is 27.2 Å². The molecule has 8 nitrogen and oxygen atoms in total. The first-order valence-corrected chi connectivity index (χ1v) is 10.9. The average molecular weight is 454 g/mol. The molecule has 0 fully saturated rings. The monoisotopic (exact) mass is 453 g/mol. The van der Waals surface area contributed by atoms with Crippen molar-refractivity contribution in [1.82, 2.24) is 15.5 Å². The number of amides is 2. The van der Waals surface area contributed by atoms with Gasteiger partial charge in [-0.2, -0.15) is 0 Å². The Balaban J connectivity index is 1.61. The molecule has 8 heteroatoms. The number of nitrogens with zero attached hydrogens (tertiary/aromatic N) is 1. The number of carbonyl (C=O) groups excluding carboxylic acids is 2. The summed E-state index contributed by atoms with van der Waals surface area (Å²) in [5, 5.41) is 14.5. The van der Waals surface area contributed by atoms with E-state index in [2.05, 4.69) is 22.8 Å².